The summed E-state index contributed by atoms with van der Waals surface area (Å²) in [4.78, 5) is 41.2. The van der Waals surface area contributed by atoms with E-state index in [0.29, 0.717) is 13.0 Å². The van der Waals surface area contributed by atoms with Crippen molar-refractivity contribution in [2.75, 3.05) is 34.8 Å². The Balaban J connectivity index is 0.000000547. The number of rotatable bonds is 8. The fourth-order valence-electron chi connectivity index (χ4n) is 11.0. The lowest BCUT2D eigenvalue weighted by Gasteiger charge is -2.48. The van der Waals surface area contributed by atoms with Crippen molar-refractivity contribution in [3.63, 3.8) is 0 Å². The third-order valence-electron chi connectivity index (χ3n) is 15.4. The largest absolute Gasteiger partial charge is 0.480 e. The minimum Gasteiger partial charge on any atom is -0.480 e. The summed E-state index contributed by atoms with van der Waals surface area (Å²) in [6.07, 6.45) is -8.28. The molecule has 5 saturated heterocycles. The van der Waals surface area contributed by atoms with Crippen LogP contribution in [0.3, 0.4) is 0 Å². The fraction of sp³-hybridized carbons (Fsp3) is 0.935. The molecule has 67 heavy (non-hydrogen) atoms. The summed E-state index contributed by atoms with van der Waals surface area (Å²) in [5.74, 6) is -4.25. The van der Waals surface area contributed by atoms with E-state index in [9.17, 15) is 48.3 Å². The molecule has 0 aromatic carbocycles. The molecule has 0 aliphatic carbocycles. The highest BCUT2D eigenvalue weighted by molar-refractivity contribution is 7.93. The van der Waals surface area contributed by atoms with Gasteiger partial charge in [-0.1, -0.05) is 20.8 Å². The Kier molecular flexibility index (Phi) is 18.3. The lowest BCUT2D eigenvalue weighted by molar-refractivity contribution is -0.318. The zero-order chi connectivity index (χ0) is 51.3. The first kappa shape index (κ1) is 57.5. The van der Waals surface area contributed by atoms with Crippen molar-refractivity contribution in [2.24, 2.45) is 17.8 Å². The molecule has 5 rings (SSSR count). The molecule has 390 valence electrons. The average molecular weight is 982 g/mol. The van der Waals surface area contributed by atoms with Crippen molar-refractivity contribution in [3.8, 4) is 0 Å². The van der Waals surface area contributed by atoms with Gasteiger partial charge in [0.2, 0.25) is 5.91 Å². The number of hydrogen-bond donors (Lipinski definition) is 6. The zero-order valence-electron chi connectivity index (χ0n) is 42.5. The smallest absolute Gasteiger partial charge is 0.328 e. The number of cyclic esters (lactones) is 1. The lowest BCUT2D eigenvalue weighted by atomic mass is 9.77. The molecule has 5 fully saturated rings. The maximum absolute atomic E-state index is 14.2. The zero-order valence-corrected chi connectivity index (χ0v) is 43.3. The van der Waals surface area contributed by atoms with Gasteiger partial charge >= 0.3 is 11.9 Å². The molecule has 1 amide bonds. The standard InChI is InChI=1S/C38H72N2O12.C8H11NO5S/c1-15-27-38(10,46)31(42)24(6)40(13)19-20(2)17-36(8,45)33(52-35-29(41)26(39(11)12)16-21(3)48-35)22(4)30(23(5)34(44)50-27)51-28-18-37(9,47-14)32(43)25(7)49-28;1-8(2)6(7(11)12)9-4(10)3-5(9)15(8,13)14/h20-33,35,41-43,45-46H,15-19H2,1-14H3;5-6H,3H2,1-2H3,(H,11,12)/t20-,21-,22+,23-,24-,25+,26+,27-,28+,29-,30+,31-,32+,33-,35+,36-,37-,38-;5-,6+/m11/s1. The second kappa shape index (κ2) is 21.3. The number of aliphatic hydroxyl groups is 5. The molecule has 20 nitrogen and oxygen atoms in total. The molecule has 5 heterocycles. The van der Waals surface area contributed by atoms with Gasteiger partial charge in [-0.15, -0.1) is 0 Å². The van der Waals surface area contributed by atoms with Crippen LogP contribution in [-0.4, -0.2) is 213 Å². The van der Waals surface area contributed by atoms with Crippen LogP contribution in [-0.2, 0) is 52.6 Å². The van der Waals surface area contributed by atoms with E-state index in [2.05, 4.69) is 0 Å². The summed E-state index contributed by atoms with van der Waals surface area (Å²) in [5, 5.41) is 66.2. The fourth-order valence-corrected chi connectivity index (χ4v) is 13.1. The maximum Gasteiger partial charge on any atom is 0.328 e. The van der Waals surface area contributed by atoms with E-state index in [1.165, 1.54) is 27.9 Å². The van der Waals surface area contributed by atoms with E-state index in [1.807, 2.05) is 51.7 Å². The van der Waals surface area contributed by atoms with Gasteiger partial charge in [0.25, 0.3) is 0 Å². The number of likely N-dealkylation sites (N-methyl/N-ethyl adjacent to an activating group) is 2. The lowest BCUT2D eigenvalue weighted by Crippen LogP contribution is -2.60. The normalized spacial score (nSPS) is 46.5. The molecule has 6 N–H and O–H groups in total. The number of sulfone groups is 1. The van der Waals surface area contributed by atoms with Gasteiger partial charge in [-0.25, -0.2) is 13.2 Å². The number of β-lactam (4-membered cyclic amide) rings is 1. The summed E-state index contributed by atoms with van der Waals surface area (Å²) < 4.78 is 59.9. The number of aliphatic carboxylic acids is 1. The molecule has 0 bridgehead atoms. The Hall–Kier alpha value is -2.12. The number of ether oxygens (including phenoxy) is 6. The highest BCUT2D eigenvalue weighted by Gasteiger charge is 2.68. The Morgan fingerprint density at radius 3 is 2.03 bits per heavy atom. The van der Waals surface area contributed by atoms with E-state index in [4.69, 9.17) is 33.5 Å². The van der Waals surface area contributed by atoms with E-state index in [1.54, 1.807) is 41.5 Å². The van der Waals surface area contributed by atoms with Gasteiger partial charge in [-0.3, -0.25) is 9.59 Å². The number of esters is 1. The molecule has 0 saturated carbocycles. The van der Waals surface area contributed by atoms with Crippen LogP contribution in [0.5, 0.6) is 0 Å². The number of carbonyl (C=O) groups is 3. The summed E-state index contributed by atoms with van der Waals surface area (Å²) in [6.45, 7) is 20.8. The van der Waals surface area contributed by atoms with E-state index in [-0.39, 0.29) is 43.7 Å². The first-order valence-electron chi connectivity index (χ1n) is 23.6. The van der Waals surface area contributed by atoms with Crippen LogP contribution in [0.4, 0.5) is 0 Å². The molecule has 5 aliphatic rings. The van der Waals surface area contributed by atoms with Gasteiger partial charge < -0.3 is 73.8 Å². The summed E-state index contributed by atoms with van der Waals surface area (Å²) in [5.41, 5.74) is -4.37. The van der Waals surface area contributed by atoms with E-state index in [0.717, 1.165) is 4.90 Å². The number of carbonyl (C=O) groups excluding carboxylic acids is 2. The number of carboxylic acid groups (broad SMARTS) is 1. The van der Waals surface area contributed by atoms with Crippen LogP contribution >= 0.6 is 0 Å². The van der Waals surface area contributed by atoms with Gasteiger partial charge in [0, 0.05) is 38.1 Å². The third-order valence-corrected chi connectivity index (χ3v) is 18.2. The highest BCUT2D eigenvalue weighted by atomic mass is 32.2. The van der Waals surface area contributed by atoms with Crippen LogP contribution in [0.2, 0.25) is 0 Å². The molecular weight excluding hydrogens is 899 g/mol. The molecule has 0 spiro atoms. The number of amides is 1. The average Bonchev–Trinajstić information content (AvgIpc) is 3.35. The predicted octanol–water partition coefficient (Wildman–Crippen LogP) is 1.11. The van der Waals surface area contributed by atoms with Crippen LogP contribution in [0, 0.1) is 17.8 Å². The molecule has 20 atom stereocenters. The molecule has 0 radical (unpaired) electrons. The Morgan fingerprint density at radius 1 is 0.925 bits per heavy atom. The van der Waals surface area contributed by atoms with Gasteiger partial charge in [0.05, 0.1) is 52.7 Å². The van der Waals surface area contributed by atoms with Crippen molar-refractivity contribution in [3.05, 3.63) is 0 Å². The molecule has 0 unspecified atom stereocenters. The first-order chi connectivity index (χ1) is 30.6. The number of methoxy groups -OCH3 is 1. The van der Waals surface area contributed by atoms with Gasteiger partial charge in [0.1, 0.15) is 41.4 Å². The van der Waals surface area contributed by atoms with Crippen molar-refractivity contribution >= 4 is 27.7 Å². The summed E-state index contributed by atoms with van der Waals surface area (Å²) in [7, 11) is 3.55. The third kappa shape index (κ3) is 11.5. The minimum atomic E-state index is -3.57. The maximum atomic E-state index is 14.2. The van der Waals surface area contributed by atoms with E-state index >= 15 is 0 Å². The summed E-state index contributed by atoms with van der Waals surface area (Å²) >= 11 is 0. The monoisotopic (exact) mass is 982 g/mol. The number of fused-ring (bicyclic) bond motifs is 1. The van der Waals surface area contributed by atoms with Gasteiger partial charge in [-0.05, 0) is 109 Å². The Morgan fingerprint density at radius 2 is 1.52 bits per heavy atom. The topological polar surface area (TPSA) is 272 Å². The van der Waals surface area contributed by atoms with Crippen molar-refractivity contribution in [1.29, 1.82) is 0 Å². The minimum absolute atomic E-state index is 0.0878. The van der Waals surface area contributed by atoms with Crippen molar-refractivity contribution in [2.45, 2.75) is 222 Å². The quantitative estimate of drug-likeness (QED) is 0.147. The number of nitrogens with zero attached hydrogens (tertiary/aromatic N) is 3. The van der Waals surface area contributed by atoms with Gasteiger partial charge in [-0.2, -0.15) is 0 Å². The van der Waals surface area contributed by atoms with Crippen LogP contribution in [0.25, 0.3) is 0 Å². The Labute approximate surface area is 397 Å². The molecule has 0 aromatic heterocycles. The predicted molar refractivity (Wildman–Crippen MR) is 244 cm³/mol. The van der Waals surface area contributed by atoms with Gasteiger partial charge in [0.15, 0.2) is 22.4 Å². The van der Waals surface area contributed by atoms with Crippen molar-refractivity contribution < 1.29 is 81.9 Å². The summed E-state index contributed by atoms with van der Waals surface area (Å²) in [6, 6.07) is -2.06. The van der Waals surface area contributed by atoms with Crippen molar-refractivity contribution in [1.82, 2.24) is 14.7 Å². The second-order valence-corrected chi connectivity index (χ2v) is 24.2. The van der Waals surface area contributed by atoms with E-state index < -0.39 is 134 Å². The number of aliphatic hydroxyl groups excluding tert-OH is 3. The van der Waals surface area contributed by atoms with Crippen LogP contribution < -0.4 is 0 Å². The number of carboxylic acids is 1. The second-order valence-electron chi connectivity index (χ2n) is 21.5. The SMILES string of the molecule is CC1(C)[C@H](C(=O)O)N2C(=O)C[C@H]2S1(=O)=O.CC[C@H]1OC(=O)[C@H](C)[C@@H](O[C@H]2C[C@@](C)(OC)[C@@H](O)[C@H](C)O2)[C@H](C)[C@@H](O[C@@H]2O[C@H](C)C[C@H](N(C)C)[C@H]2O)[C@](C)(O)C[C@@H](C)CN(C)[C@H](C)[C@@H](O)[C@]1(C)O. The van der Waals surface area contributed by atoms with Crippen LogP contribution in [0.15, 0.2) is 0 Å². The molecule has 5 aliphatic heterocycles. The van der Waals surface area contributed by atoms with Crippen LogP contribution in [0.1, 0.15) is 115 Å². The molecule has 0 aromatic rings. The number of hydrogen-bond acceptors (Lipinski definition) is 18. The first-order valence-corrected chi connectivity index (χ1v) is 25.2. The Bertz CT molecular complexity index is 1830. The highest BCUT2D eigenvalue weighted by Crippen LogP contribution is 2.46. The molecule has 21 heteroatoms. The molecular formula is C46H83N3O17S.